The van der Waals surface area contributed by atoms with Gasteiger partial charge in [-0.3, -0.25) is 4.79 Å². The fourth-order valence-electron chi connectivity index (χ4n) is 2.42. The van der Waals surface area contributed by atoms with Gasteiger partial charge >= 0.3 is 0 Å². The molecule has 1 saturated carbocycles. The third-order valence-corrected chi connectivity index (χ3v) is 3.52. The standard InChI is InChI=1S/C13H19NO3/c1-9-11(6-7-17-9)13(16)14-8-12(15)10-4-2-3-5-10/h6-7,10,12,15H,2-5,8H2,1H3,(H,14,16). The van der Waals surface area contributed by atoms with Gasteiger partial charge in [-0.25, -0.2) is 0 Å². The Morgan fingerprint density at radius 1 is 1.59 bits per heavy atom. The number of nitrogens with one attached hydrogen (secondary N) is 1. The fourth-order valence-corrected chi connectivity index (χ4v) is 2.42. The smallest absolute Gasteiger partial charge is 0.254 e. The molecule has 17 heavy (non-hydrogen) atoms. The Hall–Kier alpha value is -1.29. The molecule has 1 atom stereocenters. The molecule has 0 spiro atoms. The van der Waals surface area contributed by atoms with Gasteiger partial charge in [0.1, 0.15) is 5.76 Å². The molecular formula is C13H19NO3. The molecule has 1 aromatic rings. The second-order valence-electron chi connectivity index (χ2n) is 4.71. The van der Waals surface area contributed by atoms with Crippen LogP contribution in [0.5, 0.6) is 0 Å². The number of aliphatic hydroxyl groups excluding tert-OH is 1. The number of carbonyl (C=O) groups is 1. The molecule has 1 amide bonds. The summed E-state index contributed by atoms with van der Waals surface area (Å²) in [5.74, 6) is 0.784. The van der Waals surface area contributed by atoms with E-state index in [-0.39, 0.29) is 5.91 Å². The summed E-state index contributed by atoms with van der Waals surface area (Å²) in [6.07, 6.45) is 5.60. The molecule has 0 radical (unpaired) electrons. The molecular weight excluding hydrogens is 218 g/mol. The Balaban J connectivity index is 1.82. The second kappa shape index (κ2) is 5.36. The van der Waals surface area contributed by atoms with Crippen molar-refractivity contribution in [3.8, 4) is 0 Å². The van der Waals surface area contributed by atoms with Crippen molar-refractivity contribution < 1.29 is 14.3 Å². The monoisotopic (exact) mass is 237 g/mol. The summed E-state index contributed by atoms with van der Waals surface area (Å²) in [6.45, 7) is 2.08. The van der Waals surface area contributed by atoms with Gasteiger partial charge in [0.15, 0.2) is 0 Å². The molecule has 2 N–H and O–H groups in total. The lowest BCUT2D eigenvalue weighted by molar-refractivity contribution is 0.0839. The molecule has 2 rings (SSSR count). The summed E-state index contributed by atoms with van der Waals surface area (Å²) < 4.78 is 5.07. The van der Waals surface area contributed by atoms with Crippen molar-refractivity contribution in [2.75, 3.05) is 6.54 Å². The largest absolute Gasteiger partial charge is 0.469 e. The van der Waals surface area contributed by atoms with E-state index in [2.05, 4.69) is 5.32 Å². The van der Waals surface area contributed by atoms with E-state index in [9.17, 15) is 9.90 Å². The number of aryl methyl sites for hydroxylation is 1. The van der Waals surface area contributed by atoms with E-state index < -0.39 is 6.10 Å². The van der Waals surface area contributed by atoms with Crippen LogP contribution in [0.2, 0.25) is 0 Å². The number of aliphatic hydroxyl groups is 1. The van der Waals surface area contributed by atoms with Gasteiger partial charge < -0.3 is 14.8 Å². The van der Waals surface area contributed by atoms with Gasteiger partial charge in [0.2, 0.25) is 0 Å². The molecule has 4 heteroatoms. The molecule has 94 valence electrons. The maximum absolute atomic E-state index is 11.8. The molecule has 1 aliphatic rings. The van der Waals surface area contributed by atoms with E-state index >= 15 is 0 Å². The van der Waals surface area contributed by atoms with Crippen LogP contribution < -0.4 is 5.32 Å². The number of carbonyl (C=O) groups excluding carboxylic acids is 1. The maximum atomic E-state index is 11.8. The van der Waals surface area contributed by atoms with Crippen LogP contribution in [0, 0.1) is 12.8 Å². The normalized spacial score (nSPS) is 18.2. The quantitative estimate of drug-likeness (QED) is 0.840. The van der Waals surface area contributed by atoms with Gasteiger partial charge in [0.25, 0.3) is 5.91 Å². The minimum Gasteiger partial charge on any atom is -0.469 e. The highest BCUT2D eigenvalue weighted by molar-refractivity contribution is 5.95. The van der Waals surface area contributed by atoms with E-state index in [1.165, 1.54) is 19.1 Å². The van der Waals surface area contributed by atoms with Crippen molar-refractivity contribution in [3.63, 3.8) is 0 Å². The van der Waals surface area contributed by atoms with E-state index in [1.54, 1.807) is 13.0 Å². The molecule has 0 saturated heterocycles. The van der Waals surface area contributed by atoms with Crippen LogP contribution in [0.1, 0.15) is 41.8 Å². The van der Waals surface area contributed by atoms with Gasteiger partial charge in [0.05, 0.1) is 17.9 Å². The first-order chi connectivity index (χ1) is 8.18. The Kier molecular flexibility index (Phi) is 3.84. The Labute approximate surface area is 101 Å². The first kappa shape index (κ1) is 12.2. The lowest BCUT2D eigenvalue weighted by Crippen LogP contribution is -2.35. The van der Waals surface area contributed by atoms with E-state index in [1.807, 2.05) is 0 Å². The molecule has 1 aliphatic carbocycles. The highest BCUT2D eigenvalue weighted by atomic mass is 16.3. The molecule has 1 aromatic heterocycles. The van der Waals surface area contributed by atoms with Gasteiger partial charge in [-0.15, -0.1) is 0 Å². The Morgan fingerprint density at radius 2 is 2.29 bits per heavy atom. The summed E-state index contributed by atoms with van der Waals surface area (Å²) in [5, 5.41) is 12.7. The number of amides is 1. The van der Waals surface area contributed by atoms with Gasteiger partial charge in [-0.1, -0.05) is 12.8 Å². The van der Waals surface area contributed by atoms with Gasteiger partial charge in [-0.05, 0) is 31.7 Å². The summed E-state index contributed by atoms with van der Waals surface area (Å²) in [4.78, 5) is 11.8. The van der Waals surface area contributed by atoms with Crippen LogP contribution in [-0.2, 0) is 0 Å². The summed E-state index contributed by atoms with van der Waals surface area (Å²) in [7, 11) is 0. The van der Waals surface area contributed by atoms with E-state index in [4.69, 9.17) is 4.42 Å². The van der Waals surface area contributed by atoms with Crippen molar-refractivity contribution in [3.05, 3.63) is 23.7 Å². The van der Waals surface area contributed by atoms with E-state index in [0.29, 0.717) is 23.8 Å². The summed E-state index contributed by atoms with van der Waals surface area (Å²) >= 11 is 0. The summed E-state index contributed by atoms with van der Waals surface area (Å²) in [6, 6.07) is 1.65. The average Bonchev–Trinajstić information content (AvgIpc) is 2.95. The molecule has 1 unspecified atom stereocenters. The minimum absolute atomic E-state index is 0.173. The van der Waals surface area contributed by atoms with Crippen molar-refractivity contribution in [2.45, 2.75) is 38.7 Å². The topological polar surface area (TPSA) is 62.5 Å². The maximum Gasteiger partial charge on any atom is 0.254 e. The Morgan fingerprint density at radius 3 is 2.88 bits per heavy atom. The highest BCUT2D eigenvalue weighted by Crippen LogP contribution is 2.27. The second-order valence-corrected chi connectivity index (χ2v) is 4.71. The molecule has 0 bridgehead atoms. The van der Waals surface area contributed by atoms with Crippen LogP contribution in [0.3, 0.4) is 0 Å². The molecule has 1 fully saturated rings. The lowest BCUT2D eigenvalue weighted by Gasteiger charge is -2.17. The van der Waals surface area contributed by atoms with Gasteiger partial charge in [-0.2, -0.15) is 0 Å². The Bertz CT molecular complexity index is 380. The van der Waals surface area contributed by atoms with E-state index in [0.717, 1.165) is 12.8 Å². The zero-order valence-corrected chi connectivity index (χ0v) is 10.1. The van der Waals surface area contributed by atoms with Crippen LogP contribution >= 0.6 is 0 Å². The number of hydrogen-bond donors (Lipinski definition) is 2. The molecule has 1 heterocycles. The molecule has 0 aromatic carbocycles. The van der Waals surface area contributed by atoms with Crippen molar-refractivity contribution in [1.82, 2.24) is 5.32 Å². The molecule has 4 nitrogen and oxygen atoms in total. The zero-order valence-electron chi connectivity index (χ0n) is 10.1. The van der Waals surface area contributed by atoms with Crippen molar-refractivity contribution >= 4 is 5.91 Å². The third kappa shape index (κ3) is 2.88. The molecule has 0 aliphatic heterocycles. The number of rotatable bonds is 4. The predicted octanol–water partition coefficient (Wildman–Crippen LogP) is 1.87. The average molecular weight is 237 g/mol. The summed E-state index contributed by atoms with van der Waals surface area (Å²) in [5.41, 5.74) is 0.545. The fraction of sp³-hybridized carbons (Fsp3) is 0.615. The lowest BCUT2D eigenvalue weighted by atomic mass is 10.0. The van der Waals surface area contributed by atoms with Crippen LogP contribution in [0.15, 0.2) is 16.7 Å². The minimum atomic E-state index is -0.423. The SMILES string of the molecule is Cc1occc1C(=O)NCC(O)C1CCCC1. The van der Waals surface area contributed by atoms with Crippen molar-refractivity contribution in [2.24, 2.45) is 5.92 Å². The van der Waals surface area contributed by atoms with Gasteiger partial charge in [0, 0.05) is 6.54 Å². The predicted molar refractivity (Wildman–Crippen MR) is 63.7 cm³/mol. The van der Waals surface area contributed by atoms with Crippen LogP contribution in [0.25, 0.3) is 0 Å². The highest BCUT2D eigenvalue weighted by Gasteiger charge is 2.23. The first-order valence-corrected chi connectivity index (χ1v) is 6.19. The van der Waals surface area contributed by atoms with Crippen LogP contribution in [0.4, 0.5) is 0 Å². The van der Waals surface area contributed by atoms with Crippen LogP contribution in [-0.4, -0.2) is 23.7 Å². The van der Waals surface area contributed by atoms with Crippen molar-refractivity contribution in [1.29, 1.82) is 0 Å². The first-order valence-electron chi connectivity index (χ1n) is 6.19. The number of furan rings is 1. The number of hydrogen-bond acceptors (Lipinski definition) is 3. The zero-order chi connectivity index (χ0) is 12.3. The third-order valence-electron chi connectivity index (χ3n) is 3.52.